The van der Waals surface area contributed by atoms with Crippen molar-refractivity contribution in [3.8, 4) is 6.07 Å². The smallest absolute Gasteiger partial charge is 0.331 e. The van der Waals surface area contributed by atoms with Gasteiger partial charge in [-0.25, -0.2) is 0 Å². The first-order valence-corrected chi connectivity index (χ1v) is 5.37. The summed E-state index contributed by atoms with van der Waals surface area (Å²) in [6.45, 7) is 5.92. The first-order chi connectivity index (χ1) is 7.55. The Hall–Kier alpha value is -1.12. The van der Waals surface area contributed by atoms with Crippen LogP contribution in [0, 0.1) is 22.7 Å². The summed E-state index contributed by atoms with van der Waals surface area (Å²) in [5, 5.41) is 9.05. The summed E-state index contributed by atoms with van der Waals surface area (Å²) in [5.41, 5.74) is -1.30. The molecule has 90 valence electrons. The van der Waals surface area contributed by atoms with Crippen molar-refractivity contribution >= 4 is 5.97 Å². The third-order valence-corrected chi connectivity index (χ3v) is 2.41. The van der Waals surface area contributed by atoms with Gasteiger partial charge in [0.05, 0.1) is 25.9 Å². The molecule has 16 heavy (non-hydrogen) atoms. The van der Waals surface area contributed by atoms with E-state index in [0.29, 0.717) is 0 Å². The lowest BCUT2D eigenvalue weighted by Crippen LogP contribution is -2.48. The minimum Gasteiger partial charge on any atom is -0.465 e. The highest BCUT2D eigenvalue weighted by Crippen LogP contribution is 2.28. The van der Waals surface area contributed by atoms with Gasteiger partial charge in [0.15, 0.2) is 6.29 Å². The van der Waals surface area contributed by atoms with E-state index in [-0.39, 0.29) is 32.0 Å². The Bertz CT molecular complexity index is 287. The van der Waals surface area contributed by atoms with Crippen LogP contribution in [-0.2, 0) is 19.0 Å². The lowest BCUT2D eigenvalue weighted by molar-refractivity contribution is -0.238. The summed E-state index contributed by atoms with van der Waals surface area (Å²) in [4.78, 5) is 11.6. The van der Waals surface area contributed by atoms with E-state index in [2.05, 4.69) is 0 Å². The molecule has 0 aromatic carbocycles. The van der Waals surface area contributed by atoms with Crippen LogP contribution < -0.4 is 0 Å². The number of hydrogen-bond donors (Lipinski definition) is 0. The van der Waals surface area contributed by atoms with Crippen LogP contribution in [0.4, 0.5) is 0 Å². The van der Waals surface area contributed by atoms with Gasteiger partial charge in [-0.3, -0.25) is 4.79 Å². The van der Waals surface area contributed by atoms with E-state index in [0.717, 1.165) is 0 Å². The molecule has 0 unspecified atom stereocenters. The molecule has 0 amide bonds. The predicted octanol–water partition coefficient (Wildman–Crippen LogP) is 1.09. The maximum atomic E-state index is 11.6. The zero-order valence-electron chi connectivity index (χ0n) is 9.86. The van der Waals surface area contributed by atoms with Crippen molar-refractivity contribution in [1.29, 1.82) is 5.26 Å². The Kier molecular flexibility index (Phi) is 4.27. The number of rotatable bonds is 3. The van der Waals surface area contributed by atoms with Crippen molar-refractivity contribution in [3.05, 3.63) is 0 Å². The highest BCUT2D eigenvalue weighted by molar-refractivity contribution is 5.80. The number of esters is 1. The standard InChI is InChI=1S/C11H17NO4/c1-4-14-10(13)11(5-12)6-15-9(8(2)3)16-7-11/h8-9H,4,6-7H2,1-3H3. The molecule has 1 rings (SSSR count). The lowest BCUT2D eigenvalue weighted by Gasteiger charge is -2.34. The minimum atomic E-state index is -1.30. The molecule has 0 saturated carbocycles. The fourth-order valence-corrected chi connectivity index (χ4v) is 1.42. The van der Waals surface area contributed by atoms with Gasteiger partial charge in [0, 0.05) is 5.92 Å². The molecule has 1 fully saturated rings. The van der Waals surface area contributed by atoms with Crippen LogP contribution in [0.1, 0.15) is 20.8 Å². The monoisotopic (exact) mass is 227 g/mol. The Labute approximate surface area is 95.3 Å². The lowest BCUT2D eigenvalue weighted by atomic mass is 9.91. The quantitative estimate of drug-likeness (QED) is 0.675. The zero-order valence-corrected chi connectivity index (χ0v) is 9.86. The highest BCUT2D eigenvalue weighted by atomic mass is 16.7. The average Bonchev–Trinajstić information content (AvgIpc) is 2.29. The molecular weight excluding hydrogens is 210 g/mol. The largest absolute Gasteiger partial charge is 0.465 e. The number of carbonyl (C=O) groups is 1. The highest BCUT2D eigenvalue weighted by Gasteiger charge is 2.46. The fraction of sp³-hybridized carbons (Fsp3) is 0.818. The maximum Gasteiger partial charge on any atom is 0.331 e. The first kappa shape index (κ1) is 12.9. The van der Waals surface area contributed by atoms with E-state index in [1.807, 2.05) is 19.9 Å². The predicted molar refractivity (Wildman–Crippen MR) is 55.2 cm³/mol. The third-order valence-electron chi connectivity index (χ3n) is 2.41. The fourth-order valence-electron chi connectivity index (χ4n) is 1.42. The summed E-state index contributed by atoms with van der Waals surface area (Å²) in [6.07, 6.45) is -0.351. The molecular formula is C11H17NO4. The van der Waals surface area contributed by atoms with E-state index in [4.69, 9.17) is 19.5 Å². The summed E-state index contributed by atoms with van der Waals surface area (Å²) in [5.74, 6) is -0.376. The van der Waals surface area contributed by atoms with Crippen molar-refractivity contribution in [2.75, 3.05) is 19.8 Å². The normalized spacial score (nSPS) is 29.8. The Morgan fingerprint density at radius 3 is 2.50 bits per heavy atom. The summed E-state index contributed by atoms with van der Waals surface area (Å²) in [6, 6.07) is 1.94. The molecule has 0 bridgehead atoms. The van der Waals surface area contributed by atoms with Gasteiger partial charge in [-0.1, -0.05) is 13.8 Å². The molecule has 1 saturated heterocycles. The number of ether oxygens (including phenoxy) is 3. The molecule has 5 nitrogen and oxygen atoms in total. The molecule has 1 heterocycles. The number of carbonyl (C=O) groups excluding carboxylic acids is 1. The van der Waals surface area contributed by atoms with Crippen LogP contribution in [0.2, 0.25) is 0 Å². The molecule has 0 spiro atoms. The van der Waals surface area contributed by atoms with Gasteiger partial charge in [0.2, 0.25) is 5.41 Å². The van der Waals surface area contributed by atoms with Crippen LogP contribution in [0.15, 0.2) is 0 Å². The zero-order chi connectivity index (χ0) is 12.2. The van der Waals surface area contributed by atoms with Gasteiger partial charge in [-0.05, 0) is 6.92 Å². The van der Waals surface area contributed by atoms with Gasteiger partial charge >= 0.3 is 5.97 Å². The van der Waals surface area contributed by atoms with Crippen LogP contribution >= 0.6 is 0 Å². The van der Waals surface area contributed by atoms with E-state index < -0.39 is 11.4 Å². The van der Waals surface area contributed by atoms with E-state index in [9.17, 15) is 4.79 Å². The van der Waals surface area contributed by atoms with E-state index in [1.54, 1.807) is 6.92 Å². The number of nitriles is 1. The van der Waals surface area contributed by atoms with E-state index in [1.165, 1.54) is 0 Å². The Morgan fingerprint density at radius 2 is 2.12 bits per heavy atom. The van der Waals surface area contributed by atoms with Gasteiger partial charge in [0.1, 0.15) is 0 Å². The molecule has 0 aliphatic carbocycles. The Balaban J connectivity index is 2.66. The number of nitrogens with zero attached hydrogens (tertiary/aromatic N) is 1. The van der Waals surface area contributed by atoms with Crippen LogP contribution in [-0.4, -0.2) is 32.1 Å². The average molecular weight is 227 g/mol. The van der Waals surface area contributed by atoms with E-state index >= 15 is 0 Å². The maximum absolute atomic E-state index is 11.6. The molecule has 0 radical (unpaired) electrons. The summed E-state index contributed by atoms with van der Waals surface area (Å²) < 4.78 is 15.6. The molecule has 0 aromatic rings. The van der Waals surface area contributed by atoms with Crippen molar-refractivity contribution < 1.29 is 19.0 Å². The number of hydrogen-bond acceptors (Lipinski definition) is 5. The molecule has 0 atom stereocenters. The van der Waals surface area contributed by atoms with Gasteiger partial charge in [0.25, 0.3) is 0 Å². The van der Waals surface area contributed by atoms with Gasteiger partial charge < -0.3 is 14.2 Å². The second-order valence-corrected chi connectivity index (χ2v) is 4.15. The van der Waals surface area contributed by atoms with Gasteiger partial charge in [-0.2, -0.15) is 5.26 Å². The molecule has 5 heteroatoms. The molecule has 1 aliphatic rings. The summed E-state index contributed by atoms with van der Waals surface area (Å²) in [7, 11) is 0. The van der Waals surface area contributed by atoms with Crippen LogP contribution in [0.5, 0.6) is 0 Å². The van der Waals surface area contributed by atoms with Gasteiger partial charge in [-0.15, -0.1) is 0 Å². The van der Waals surface area contributed by atoms with Crippen molar-refractivity contribution in [1.82, 2.24) is 0 Å². The third kappa shape index (κ3) is 2.52. The second kappa shape index (κ2) is 5.28. The Morgan fingerprint density at radius 1 is 1.56 bits per heavy atom. The minimum absolute atomic E-state index is 0.0329. The van der Waals surface area contributed by atoms with Crippen LogP contribution in [0.25, 0.3) is 0 Å². The molecule has 0 aromatic heterocycles. The summed E-state index contributed by atoms with van der Waals surface area (Å²) >= 11 is 0. The van der Waals surface area contributed by atoms with Crippen molar-refractivity contribution in [2.24, 2.45) is 11.3 Å². The topological polar surface area (TPSA) is 68.6 Å². The van der Waals surface area contributed by atoms with Crippen molar-refractivity contribution in [3.63, 3.8) is 0 Å². The van der Waals surface area contributed by atoms with Crippen molar-refractivity contribution in [2.45, 2.75) is 27.1 Å². The van der Waals surface area contributed by atoms with Crippen LogP contribution in [0.3, 0.4) is 0 Å². The second-order valence-electron chi connectivity index (χ2n) is 4.15. The molecule has 1 aliphatic heterocycles. The molecule has 0 N–H and O–H groups in total. The SMILES string of the molecule is CCOC(=O)C1(C#N)COC(C(C)C)OC1. The first-order valence-electron chi connectivity index (χ1n) is 5.37.